The molecule has 94 valence electrons. The first-order chi connectivity index (χ1) is 7.45. The van der Waals surface area contributed by atoms with Crippen molar-refractivity contribution in [3.8, 4) is 0 Å². The van der Waals surface area contributed by atoms with Gasteiger partial charge in [-0.3, -0.25) is 9.69 Å². The number of hydrogen-bond donors (Lipinski definition) is 1. The Morgan fingerprint density at radius 3 is 2.31 bits per heavy atom. The molecule has 1 aliphatic rings. The van der Waals surface area contributed by atoms with Gasteiger partial charge in [-0.2, -0.15) is 0 Å². The van der Waals surface area contributed by atoms with Crippen LogP contribution in [0.4, 0.5) is 0 Å². The van der Waals surface area contributed by atoms with Gasteiger partial charge in [0.05, 0.1) is 6.54 Å². The molecule has 0 amide bonds. The van der Waals surface area contributed by atoms with E-state index in [0.717, 1.165) is 19.6 Å². The number of ketones is 1. The van der Waals surface area contributed by atoms with Crippen molar-refractivity contribution in [3.63, 3.8) is 0 Å². The molecular weight excluding hydrogens is 200 g/mol. The van der Waals surface area contributed by atoms with Crippen LogP contribution in [0, 0.1) is 5.41 Å². The first-order valence-corrected chi connectivity index (χ1v) is 6.43. The van der Waals surface area contributed by atoms with Crippen LogP contribution in [0.25, 0.3) is 0 Å². The monoisotopic (exact) mass is 226 g/mol. The predicted octanol–water partition coefficient (Wildman–Crippen LogP) is 1.68. The summed E-state index contributed by atoms with van der Waals surface area (Å²) in [6, 6.07) is 0.595. The van der Waals surface area contributed by atoms with E-state index in [2.05, 4.69) is 17.1 Å². The maximum absolute atomic E-state index is 12.0. The summed E-state index contributed by atoms with van der Waals surface area (Å²) in [5.41, 5.74) is -0.208. The number of nitrogens with zero attached hydrogens (tertiary/aromatic N) is 1. The predicted molar refractivity (Wildman–Crippen MR) is 67.6 cm³/mol. The van der Waals surface area contributed by atoms with Crippen LogP contribution >= 0.6 is 0 Å². The van der Waals surface area contributed by atoms with Crippen LogP contribution in [0.3, 0.4) is 0 Å². The van der Waals surface area contributed by atoms with Crippen LogP contribution in [0.15, 0.2) is 0 Å². The molecule has 0 saturated carbocycles. The smallest absolute Gasteiger partial charge is 0.152 e. The maximum atomic E-state index is 12.0. The van der Waals surface area contributed by atoms with Crippen molar-refractivity contribution in [2.24, 2.45) is 5.41 Å². The Kier molecular flexibility index (Phi) is 4.93. The molecule has 16 heavy (non-hydrogen) atoms. The minimum absolute atomic E-state index is 0.208. The van der Waals surface area contributed by atoms with E-state index in [4.69, 9.17) is 0 Å². The van der Waals surface area contributed by atoms with Gasteiger partial charge in [-0.1, -0.05) is 27.7 Å². The van der Waals surface area contributed by atoms with Crippen molar-refractivity contribution in [1.29, 1.82) is 0 Å². The molecule has 0 aromatic carbocycles. The Morgan fingerprint density at radius 1 is 1.31 bits per heavy atom. The third kappa shape index (κ3) is 3.87. The van der Waals surface area contributed by atoms with Crippen molar-refractivity contribution < 1.29 is 4.79 Å². The van der Waals surface area contributed by atoms with Crippen molar-refractivity contribution >= 4 is 5.78 Å². The van der Waals surface area contributed by atoms with E-state index in [1.807, 2.05) is 20.8 Å². The second-order valence-electron chi connectivity index (χ2n) is 5.72. The van der Waals surface area contributed by atoms with Gasteiger partial charge in [-0.25, -0.2) is 0 Å². The fourth-order valence-electron chi connectivity index (χ4n) is 2.09. The Bertz CT molecular complexity index is 227. The third-order valence-corrected chi connectivity index (χ3v) is 3.41. The number of likely N-dealkylation sites (N-methyl/N-ethyl adjacent to an activating group) is 1. The topological polar surface area (TPSA) is 32.3 Å². The summed E-state index contributed by atoms with van der Waals surface area (Å²) >= 11 is 0. The fourth-order valence-corrected chi connectivity index (χ4v) is 2.09. The summed E-state index contributed by atoms with van der Waals surface area (Å²) in [5, 5.41) is 3.37. The van der Waals surface area contributed by atoms with E-state index < -0.39 is 0 Å². The molecule has 1 saturated heterocycles. The second kappa shape index (κ2) is 5.78. The summed E-state index contributed by atoms with van der Waals surface area (Å²) in [7, 11) is 0. The highest BCUT2D eigenvalue weighted by molar-refractivity contribution is 5.85. The molecule has 1 aliphatic heterocycles. The number of Topliss-reactive ketones (excluding diaryl/α,β-unsaturated/α-hetero) is 1. The quantitative estimate of drug-likeness (QED) is 0.791. The zero-order chi connectivity index (χ0) is 12.2. The second-order valence-corrected chi connectivity index (χ2v) is 5.72. The van der Waals surface area contributed by atoms with Gasteiger partial charge in [0.1, 0.15) is 0 Å². The molecule has 1 rings (SSSR count). The average Bonchev–Trinajstić information content (AvgIpc) is 2.25. The van der Waals surface area contributed by atoms with Crippen LogP contribution in [0.2, 0.25) is 0 Å². The highest BCUT2D eigenvalue weighted by Crippen LogP contribution is 2.18. The summed E-state index contributed by atoms with van der Waals surface area (Å²) in [4.78, 5) is 14.4. The summed E-state index contributed by atoms with van der Waals surface area (Å²) in [5.74, 6) is 0.355. The molecule has 0 radical (unpaired) electrons. The number of nitrogens with one attached hydrogen (secondary N) is 1. The Morgan fingerprint density at radius 2 is 1.88 bits per heavy atom. The Balaban J connectivity index is 2.50. The van der Waals surface area contributed by atoms with Gasteiger partial charge < -0.3 is 5.32 Å². The molecule has 0 aromatic heterocycles. The number of piperidine rings is 1. The van der Waals surface area contributed by atoms with E-state index in [1.54, 1.807) is 0 Å². The van der Waals surface area contributed by atoms with Gasteiger partial charge >= 0.3 is 0 Å². The maximum Gasteiger partial charge on any atom is 0.152 e. The van der Waals surface area contributed by atoms with E-state index in [-0.39, 0.29) is 5.41 Å². The molecule has 0 aliphatic carbocycles. The van der Waals surface area contributed by atoms with Gasteiger partial charge in [-0.15, -0.1) is 0 Å². The van der Waals surface area contributed by atoms with Crippen LogP contribution in [0.1, 0.15) is 40.5 Å². The molecule has 0 bridgehead atoms. The normalized spacial score (nSPS) is 19.1. The van der Waals surface area contributed by atoms with E-state index >= 15 is 0 Å². The Hall–Kier alpha value is -0.410. The van der Waals surface area contributed by atoms with Gasteiger partial charge in [-0.05, 0) is 32.5 Å². The molecule has 1 N–H and O–H groups in total. The van der Waals surface area contributed by atoms with Gasteiger partial charge in [0.25, 0.3) is 0 Å². The first-order valence-electron chi connectivity index (χ1n) is 6.43. The van der Waals surface area contributed by atoms with Crippen molar-refractivity contribution in [3.05, 3.63) is 0 Å². The van der Waals surface area contributed by atoms with Crippen molar-refractivity contribution in [2.45, 2.75) is 46.6 Å². The standard InChI is InChI=1S/C13H26N2O/c1-5-15(10-12(16)13(2,3)4)11-6-8-14-9-7-11/h11,14H,5-10H2,1-4H3. The minimum Gasteiger partial charge on any atom is -0.317 e. The van der Waals surface area contributed by atoms with E-state index in [1.165, 1.54) is 12.8 Å². The number of carbonyl (C=O) groups excluding carboxylic acids is 1. The summed E-state index contributed by atoms with van der Waals surface area (Å²) in [6.07, 6.45) is 2.34. The van der Waals surface area contributed by atoms with Gasteiger partial charge in [0, 0.05) is 11.5 Å². The minimum atomic E-state index is -0.208. The van der Waals surface area contributed by atoms with Crippen molar-refractivity contribution in [2.75, 3.05) is 26.2 Å². The lowest BCUT2D eigenvalue weighted by molar-refractivity contribution is -0.128. The molecule has 0 spiro atoms. The SMILES string of the molecule is CCN(CC(=O)C(C)(C)C)C1CCNCC1. The molecule has 0 unspecified atom stereocenters. The summed E-state index contributed by atoms with van der Waals surface area (Å²) < 4.78 is 0. The number of carbonyl (C=O) groups is 1. The highest BCUT2D eigenvalue weighted by atomic mass is 16.1. The highest BCUT2D eigenvalue weighted by Gasteiger charge is 2.27. The molecule has 1 heterocycles. The zero-order valence-electron chi connectivity index (χ0n) is 11.2. The number of hydrogen-bond acceptors (Lipinski definition) is 3. The molecular formula is C13H26N2O. The lowest BCUT2D eigenvalue weighted by atomic mass is 9.90. The fraction of sp³-hybridized carbons (Fsp3) is 0.923. The molecule has 1 fully saturated rings. The largest absolute Gasteiger partial charge is 0.317 e. The Labute approximate surface area is 99.6 Å². The zero-order valence-corrected chi connectivity index (χ0v) is 11.2. The van der Waals surface area contributed by atoms with E-state index in [9.17, 15) is 4.79 Å². The van der Waals surface area contributed by atoms with Crippen LogP contribution in [-0.2, 0) is 4.79 Å². The van der Waals surface area contributed by atoms with Crippen LogP contribution in [-0.4, -0.2) is 42.9 Å². The van der Waals surface area contributed by atoms with Crippen LogP contribution in [0.5, 0.6) is 0 Å². The molecule has 3 nitrogen and oxygen atoms in total. The molecule has 3 heteroatoms. The van der Waals surface area contributed by atoms with Crippen LogP contribution < -0.4 is 5.32 Å². The lowest BCUT2D eigenvalue weighted by Crippen LogP contribution is -2.46. The van der Waals surface area contributed by atoms with Gasteiger partial charge in [0.2, 0.25) is 0 Å². The molecule has 0 atom stereocenters. The third-order valence-electron chi connectivity index (χ3n) is 3.41. The number of rotatable bonds is 4. The average molecular weight is 226 g/mol. The van der Waals surface area contributed by atoms with Gasteiger partial charge in [0.15, 0.2) is 5.78 Å². The first kappa shape index (κ1) is 13.7. The summed E-state index contributed by atoms with van der Waals surface area (Å²) in [6.45, 7) is 11.9. The molecule has 0 aromatic rings. The van der Waals surface area contributed by atoms with Crippen molar-refractivity contribution in [1.82, 2.24) is 10.2 Å². The van der Waals surface area contributed by atoms with E-state index in [0.29, 0.717) is 18.4 Å². The lowest BCUT2D eigenvalue weighted by Gasteiger charge is -2.34.